The molecule has 0 radical (unpaired) electrons. The Bertz CT molecular complexity index is 1600. The number of carbonyl (C=O) groups is 1. The number of hydrogen-bond donors (Lipinski definition) is 0. The molecule has 1 aliphatic rings. The predicted octanol–water partition coefficient (Wildman–Crippen LogP) is 4.60. The third kappa shape index (κ3) is 6.88. The number of aromatic nitrogens is 2. The topological polar surface area (TPSA) is 105 Å². The van der Waals surface area contributed by atoms with Crippen molar-refractivity contribution in [2.45, 2.75) is 37.5 Å². The summed E-state index contributed by atoms with van der Waals surface area (Å²) < 4.78 is 93.9. The van der Waals surface area contributed by atoms with Gasteiger partial charge in [0.05, 0.1) is 20.3 Å². The summed E-state index contributed by atoms with van der Waals surface area (Å²) in [5.74, 6) is -1.80. The highest BCUT2D eigenvalue weighted by Crippen LogP contribution is 2.34. The number of rotatable bonds is 9. The standard InChI is InChI=1S/C29H33F4N5O5S/c1-18(2)24-17-37(12-13-38(24)28-34-15-22(27(39)43-5)26(35-28)29(31,32)33)20-8-11-23(30)25(14-20)44(40,41)36(3)16-19-6-9-21(42-4)10-7-19/h6-11,14-15,18,24H,12-13,16-17H2,1-5H3/t24-/m0/s1. The van der Waals surface area contributed by atoms with E-state index in [0.717, 1.165) is 23.7 Å². The van der Waals surface area contributed by atoms with Crippen molar-refractivity contribution in [3.05, 3.63) is 71.3 Å². The van der Waals surface area contributed by atoms with Crippen LogP contribution >= 0.6 is 0 Å². The van der Waals surface area contributed by atoms with Crippen molar-refractivity contribution in [1.29, 1.82) is 0 Å². The fourth-order valence-corrected chi connectivity index (χ4v) is 6.22. The number of ether oxygens (including phenoxy) is 2. The lowest BCUT2D eigenvalue weighted by Crippen LogP contribution is -2.56. The van der Waals surface area contributed by atoms with Crippen LogP contribution in [0.2, 0.25) is 0 Å². The van der Waals surface area contributed by atoms with Crippen LogP contribution in [0.15, 0.2) is 53.6 Å². The zero-order valence-corrected chi connectivity index (χ0v) is 25.6. The average Bonchev–Trinajstić information content (AvgIpc) is 3.00. The molecular formula is C29H33F4N5O5S. The minimum Gasteiger partial charge on any atom is -0.497 e. The minimum atomic E-state index is -4.92. The van der Waals surface area contributed by atoms with Crippen molar-refractivity contribution in [2.24, 2.45) is 5.92 Å². The molecule has 1 aromatic heterocycles. The van der Waals surface area contributed by atoms with Crippen molar-refractivity contribution < 1.29 is 40.2 Å². The van der Waals surface area contributed by atoms with Gasteiger partial charge in [0.2, 0.25) is 16.0 Å². The summed E-state index contributed by atoms with van der Waals surface area (Å²) in [6.07, 6.45) is -4.12. The van der Waals surface area contributed by atoms with Gasteiger partial charge in [-0.25, -0.2) is 27.6 Å². The van der Waals surface area contributed by atoms with E-state index in [-0.39, 0.29) is 38.0 Å². The van der Waals surface area contributed by atoms with E-state index in [2.05, 4.69) is 14.7 Å². The lowest BCUT2D eigenvalue weighted by atomic mass is 9.99. The number of hydrogen-bond acceptors (Lipinski definition) is 9. The molecule has 1 aliphatic heterocycles. The van der Waals surface area contributed by atoms with Gasteiger partial charge in [-0.05, 0) is 41.8 Å². The SMILES string of the molecule is COC(=O)c1cnc(N2CCN(c3ccc(F)c(S(=O)(=O)N(C)Cc4ccc(OC)cc4)c3)C[C@H]2C(C)C)nc1C(F)(F)F. The van der Waals surface area contributed by atoms with Crippen LogP contribution in [0.3, 0.4) is 0 Å². The maximum absolute atomic E-state index is 15.0. The van der Waals surface area contributed by atoms with Gasteiger partial charge in [0.25, 0.3) is 0 Å². The Morgan fingerprint density at radius 3 is 2.39 bits per heavy atom. The van der Waals surface area contributed by atoms with Crippen molar-refractivity contribution in [3.8, 4) is 5.75 Å². The molecule has 10 nitrogen and oxygen atoms in total. The van der Waals surface area contributed by atoms with Crippen molar-refractivity contribution in [3.63, 3.8) is 0 Å². The molecule has 238 valence electrons. The molecule has 2 heterocycles. The Balaban J connectivity index is 1.60. The molecule has 2 aromatic carbocycles. The second kappa shape index (κ2) is 12.9. The molecule has 4 rings (SSSR count). The van der Waals surface area contributed by atoms with Gasteiger partial charge in [-0.3, -0.25) is 0 Å². The van der Waals surface area contributed by atoms with Crippen LogP contribution in [0.1, 0.15) is 35.5 Å². The minimum absolute atomic E-state index is 0.00122. The highest BCUT2D eigenvalue weighted by atomic mass is 32.2. The molecule has 1 saturated heterocycles. The van der Waals surface area contributed by atoms with Gasteiger partial charge in [-0.1, -0.05) is 26.0 Å². The van der Waals surface area contributed by atoms with E-state index in [1.54, 1.807) is 29.2 Å². The Morgan fingerprint density at radius 2 is 1.80 bits per heavy atom. The van der Waals surface area contributed by atoms with Crippen LogP contribution < -0.4 is 14.5 Å². The number of alkyl halides is 3. The van der Waals surface area contributed by atoms with Crippen LogP contribution in [0.25, 0.3) is 0 Å². The molecule has 0 aliphatic carbocycles. The molecule has 3 aromatic rings. The van der Waals surface area contributed by atoms with Gasteiger partial charge >= 0.3 is 12.1 Å². The molecular weight excluding hydrogens is 606 g/mol. The molecule has 0 N–H and O–H groups in total. The molecule has 15 heteroatoms. The van der Waals surface area contributed by atoms with E-state index in [0.29, 0.717) is 17.0 Å². The summed E-state index contributed by atoms with van der Waals surface area (Å²) in [7, 11) is -0.386. The number of methoxy groups -OCH3 is 2. The third-order valence-corrected chi connectivity index (χ3v) is 9.25. The van der Waals surface area contributed by atoms with Gasteiger partial charge < -0.3 is 19.3 Å². The van der Waals surface area contributed by atoms with Gasteiger partial charge in [0.15, 0.2) is 5.69 Å². The number of nitrogens with zero attached hydrogens (tertiary/aromatic N) is 5. The Kier molecular flexibility index (Phi) is 9.68. The first-order chi connectivity index (χ1) is 20.7. The van der Waals surface area contributed by atoms with Crippen LogP contribution in [0.5, 0.6) is 5.75 Å². The quantitative estimate of drug-likeness (QED) is 0.245. The smallest absolute Gasteiger partial charge is 0.434 e. The van der Waals surface area contributed by atoms with Crippen molar-refractivity contribution in [1.82, 2.24) is 14.3 Å². The van der Waals surface area contributed by atoms with Crippen LogP contribution in [0.4, 0.5) is 29.2 Å². The third-order valence-electron chi connectivity index (χ3n) is 7.43. The first-order valence-corrected chi connectivity index (χ1v) is 15.0. The number of halogens is 4. The van der Waals surface area contributed by atoms with E-state index in [9.17, 15) is 30.8 Å². The zero-order chi connectivity index (χ0) is 32.4. The van der Waals surface area contributed by atoms with E-state index in [1.807, 2.05) is 18.7 Å². The van der Waals surface area contributed by atoms with Crippen LogP contribution in [0, 0.1) is 11.7 Å². The number of piperazine rings is 1. The molecule has 1 fully saturated rings. The predicted molar refractivity (Wildman–Crippen MR) is 155 cm³/mol. The summed E-state index contributed by atoms with van der Waals surface area (Å²) in [5.41, 5.74) is -1.07. The lowest BCUT2D eigenvalue weighted by molar-refractivity contribution is -0.141. The van der Waals surface area contributed by atoms with E-state index < -0.39 is 50.2 Å². The Labute approximate surface area is 253 Å². The summed E-state index contributed by atoms with van der Waals surface area (Å²) in [6, 6.07) is 10.2. The Hall–Kier alpha value is -3.98. The largest absolute Gasteiger partial charge is 0.497 e. The number of anilines is 2. The van der Waals surface area contributed by atoms with Gasteiger partial charge in [-0.15, -0.1) is 0 Å². The molecule has 0 saturated carbocycles. The average molecular weight is 640 g/mol. The van der Waals surface area contributed by atoms with Gasteiger partial charge in [0.1, 0.15) is 22.0 Å². The van der Waals surface area contributed by atoms with Crippen LogP contribution in [-0.4, -0.2) is 75.6 Å². The second-order valence-electron chi connectivity index (χ2n) is 10.6. The normalized spacial score (nSPS) is 16.0. The first-order valence-electron chi connectivity index (χ1n) is 13.6. The number of carbonyl (C=O) groups excluding carboxylic acids is 1. The number of sulfonamides is 1. The Morgan fingerprint density at radius 1 is 1.11 bits per heavy atom. The van der Waals surface area contributed by atoms with E-state index in [1.165, 1.54) is 26.3 Å². The maximum atomic E-state index is 15.0. The highest BCUT2D eigenvalue weighted by molar-refractivity contribution is 7.89. The maximum Gasteiger partial charge on any atom is 0.434 e. The fraction of sp³-hybridized carbons (Fsp3) is 0.414. The first kappa shape index (κ1) is 32.9. The van der Waals surface area contributed by atoms with Crippen molar-refractivity contribution in [2.75, 3.05) is 50.7 Å². The fourth-order valence-electron chi connectivity index (χ4n) is 4.98. The molecule has 0 spiro atoms. The van der Waals surface area contributed by atoms with E-state index in [4.69, 9.17) is 4.74 Å². The molecule has 1 atom stereocenters. The van der Waals surface area contributed by atoms with Gasteiger partial charge in [0, 0.05) is 45.1 Å². The van der Waals surface area contributed by atoms with Gasteiger partial charge in [-0.2, -0.15) is 17.5 Å². The summed E-state index contributed by atoms with van der Waals surface area (Å²) >= 11 is 0. The monoisotopic (exact) mass is 639 g/mol. The van der Waals surface area contributed by atoms with Crippen LogP contribution in [-0.2, 0) is 27.5 Å². The molecule has 0 amide bonds. The lowest BCUT2D eigenvalue weighted by Gasteiger charge is -2.44. The number of benzene rings is 2. The number of esters is 1. The van der Waals surface area contributed by atoms with Crippen molar-refractivity contribution >= 4 is 27.6 Å². The summed E-state index contributed by atoms with van der Waals surface area (Å²) in [5, 5.41) is 0. The highest BCUT2D eigenvalue weighted by Gasteiger charge is 2.40. The molecule has 44 heavy (non-hydrogen) atoms. The molecule has 0 unspecified atom stereocenters. The molecule has 0 bridgehead atoms. The summed E-state index contributed by atoms with van der Waals surface area (Å²) in [4.78, 5) is 22.7. The van der Waals surface area contributed by atoms with E-state index >= 15 is 0 Å². The second-order valence-corrected chi connectivity index (χ2v) is 12.6. The summed E-state index contributed by atoms with van der Waals surface area (Å²) in [6.45, 7) is 4.44. The zero-order valence-electron chi connectivity index (χ0n) is 24.8.